The van der Waals surface area contributed by atoms with E-state index in [-0.39, 0.29) is 0 Å². The lowest BCUT2D eigenvalue weighted by Crippen LogP contribution is -1.90. The highest BCUT2D eigenvalue weighted by Gasteiger charge is 2.14. The molecule has 0 fully saturated rings. The molecule has 15 heavy (non-hydrogen) atoms. The molecule has 2 rings (SSSR count). The molecule has 1 aromatic carbocycles. The molecule has 0 saturated heterocycles. The Balaban J connectivity index is 2.68. The second-order valence-corrected chi connectivity index (χ2v) is 3.83. The lowest BCUT2D eigenvalue weighted by Gasteiger charge is -2.05. The normalized spacial score (nSPS) is 10.6. The number of nitrogens with zero attached hydrogens (tertiary/aromatic N) is 1. The maximum Gasteiger partial charge on any atom is 0.230 e. The van der Waals surface area contributed by atoms with Crippen LogP contribution in [0.25, 0.3) is 11.1 Å². The Morgan fingerprint density at radius 1 is 1.20 bits per heavy atom. The summed E-state index contributed by atoms with van der Waals surface area (Å²) in [4.78, 5) is 0. The molecule has 0 atom stereocenters. The van der Waals surface area contributed by atoms with Crippen molar-refractivity contribution < 1.29 is 4.52 Å². The molecule has 1 heterocycles. The molecular weight excluding hydrogens is 188 g/mol. The fraction of sp³-hybridized carbons (Fsp3) is 0.250. The molecule has 2 aromatic rings. The molecule has 2 N–H and O–H groups in total. The second-order valence-electron chi connectivity index (χ2n) is 3.83. The van der Waals surface area contributed by atoms with E-state index in [4.69, 9.17) is 10.3 Å². The van der Waals surface area contributed by atoms with Gasteiger partial charge in [-0.3, -0.25) is 0 Å². The zero-order chi connectivity index (χ0) is 11.0. The molecule has 0 amide bonds. The van der Waals surface area contributed by atoms with E-state index in [1.807, 2.05) is 6.92 Å². The molecule has 0 unspecified atom stereocenters. The molecule has 3 nitrogen and oxygen atoms in total. The first-order valence-electron chi connectivity index (χ1n) is 4.89. The van der Waals surface area contributed by atoms with Gasteiger partial charge in [0.15, 0.2) is 0 Å². The first kappa shape index (κ1) is 9.77. The molecule has 0 radical (unpaired) electrons. The maximum absolute atomic E-state index is 5.76. The van der Waals surface area contributed by atoms with Crippen molar-refractivity contribution in [2.75, 3.05) is 5.73 Å². The highest BCUT2D eigenvalue weighted by atomic mass is 16.5. The Morgan fingerprint density at radius 3 is 2.53 bits per heavy atom. The number of hydrogen-bond donors (Lipinski definition) is 1. The van der Waals surface area contributed by atoms with Crippen LogP contribution in [0.5, 0.6) is 0 Å². The SMILES string of the molecule is Cc1ccc(C)c(-c2c(C)noc2N)c1. The summed E-state index contributed by atoms with van der Waals surface area (Å²) in [6, 6.07) is 6.26. The van der Waals surface area contributed by atoms with Gasteiger partial charge in [-0.15, -0.1) is 0 Å². The number of hydrogen-bond acceptors (Lipinski definition) is 3. The third-order valence-corrected chi connectivity index (χ3v) is 2.55. The van der Waals surface area contributed by atoms with Gasteiger partial charge in [-0.25, -0.2) is 0 Å². The van der Waals surface area contributed by atoms with Crippen LogP contribution in [0.3, 0.4) is 0 Å². The van der Waals surface area contributed by atoms with E-state index in [9.17, 15) is 0 Å². The minimum atomic E-state index is 0.390. The van der Waals surface area contributed by atoms with Crippen molar-refractivity contribution in [1.82, 2.24) is 5.16 Å². The van der Waals surface area contributed by atoms with Crippen molar-refractivity contribution in [3.8, 4) is 11.1 Å². The maximum atomic E-state index is 5.76. The third-order valence-electron chi connectivity index (χ3n) is 2.55. The zero-order valence-electron chi connectivity index (χ0n) is 9.16. The van der Waals surface area contributed by atoms with Crippen LogP contribution in [0.1, 0.15) is 16.8 Å². The summed E-state index contributed by atoms with van der Waals surface area (Å²) in [6.45, 7) is 6.01. The Kier molecular flexibility index (Phi) is 2.23. The zero-order valence-corrected chi connectivity index (χ0v) is 9.16. The van der Waals surface area contributed by atoms with Crippen LogP contribution >= 0.6 is 0 Å². The smallest absolute Gasteiger partial charge is 0.230 e. The first-order valence-corrected chi connectivity index (χ1v) is 4.89. The van der Waals surface area contributed by atoms with Crippen molar-refractivity contribution in [1.29, 1.82) is 0 Å². The molecule has 0 saturated carbocycles. The average Bonchev–Trinajstić information content (AvgIpc) is 2.51. The fourth-order valence-corrected chi connectivity index (χ4v) is 1.72. The minimum Gasteiger partial charge on any atom is -0.367 e. The summed E-state index contributed by atoms with van der Waals surface area (Å²) < 4.78 is 4.97. The summed E-state index contributed by atoms with van der Waals surface area (Å²) in [6.07, 6.45) is 0. The monoisotopic (exact) mass is 202 g/mol. The first-order chi connectivity index (χ1) is 7.09. The summed E-state index contributed by atoms with van der Waals surface area (Å²) in [5.41, 5.74) is 11.0. The Hall–Kier alpha value is -1.77. The van der Waals surface area contributed by atoms with Gasteiger partial charge in [0.2, 0.25) is 5.88 Å². The molecule has 78 valence electrons. The average molecular weight is 202 g/mol. The van der Waals surface area contributed by atoms with Crippen molar-refractivity contribution in [2.45, 2.75) is 20.8 Å². The van der Waals surface area contributed by atoms with E-state index < -0.39 is 0 Å². The van der Waals surface area contributed by atoms with Gasteiger partial charge in [0, 0.05) is 0 Å². The molecule has 0 spiro atoms. The van der Waals surface area contributed by atoms with Gasteiger partial charge in [-0.2, -0.15) is 0 Å². The van der Waals surface area contributed by atoms with Gasteiger partial charge in [-0.1, -0.05) is 28.9 Å². The van der Waals surface area contributed by atoms with Crippen molar-refractivity contribution in [3.63, 3.8) is 0 Å². The second kappa shape index (κ2) is 3.42. The number of benzene rings is 1. The van der Waals surface area contributed by atoms with Crippen molar-refractivity contribution in [3.05, 3.63) is 35.0 Å². The highest BCUT2D eigenvalue weighted by molar-refractivity contribution is 5.77. The van der Waals surface area contributed by atoms with Gasteiger partial charge in [0.1, 0.15) is 0 Å². The van der Waals surface area contributed by atoms with Crippen LogP contribution in [0, 0.1) is 20.8 Å². The third kappa shape index (κ3) is 1.61. The van der Waals surface area contributed by atoms with Gasteiger partial charge in [0.05, 0.1) is 11.3 Å². The largest absolute Gasteiger partial charge is 0.367 e. The Labute approximate surface area is 88.9 Å². The molecule has 0 aliphatic heterocycles. The summed E-state index contributed by atoms with van der Waals surface area (Å²) >= 11 is 0. The number of aromatic nitrogens is 1. The predicted molar refractivity (Wildman–Crippen MR) is 60.6 cm³/mol. The van der Waals surface area contributed by atoms with Crippen LogP contribution in [-0.4, -0.2) is 5.16 Å². The van der Waals surface area contributed by atoms with E-state index in [2.05, 4.69) is 37.2 Å². The lowest BCUT2D eigenvalue weighted by molar-refractivity contribution is 0.431. The van der Waals surface area contributed by atoms with Gasteiger partial charge >= 0.3 is 0 Å². The topological polar surface area (TPSA) is 52.0 Å². The summed E-state index contributed by atoms with van der Waals surface area (Å²) in [5.74, 6) is 0.390. The molecular formula is C12H14N2O. The molecule has 0 aliphatic carbocycles. The number of nitrogen functional groups attached to an aromatic ring is 1. The molecule has 1 aromatic heterocycles. The van der Waals surface area contributed by atoms with Gasteiger partial charge in [-0.05, 0) is 31.9 Å². The van der Waals surface area contributed by atoms with Crippen LogP contribution < -0.4 is 5.73 Å². The van der Waals surface area contributed by atoms with E-state index in [1.54, 1.807) is 0 Å². The standard InChI is InChI=1S/C12H14N2O/c1-7-4-5-8(2)10(6-7)11-9(3)14-15-12(11)13/h4-6H,13H2,1-3H3. The summed E-state index contributed by atoms with van der Waals surface area (Å²) in [5, 5.41) is 3.86. The Bertz CT molecular complexity index is 481. The van der Waals surface area contributed by atoms with Crippen LogP contribution in [0.2, 0.25) is 0 Å². The molecule has 3 heteroatoms. The van der Waals surface area contributed by atoms with Crippen LogP contribution in [-0.2, 0) is 0 Å². The van der Waals surface area contributed by atoms with E-state index in [0.29, 0.717) is 5.88 Å². The molecule has 0 bridgehead atoms. The lowest BCUT2D eigenvalue weighted by atomic mass is 9.98. The van der Waals surface area contributed by atoms with Crippen molar-refractivity contribution in [2.24, 2.45) is 0 Å². The van der Waals surface area contributed by atoms with Crippen LogP contribution in [0.15, 0.2) is 22.7 Å². The molecule has 0 aliphatic rings. The number of anilines is 1. The minimum absolute atomic E-state index is 0.390. The van der Waals surface area contributed by atoms with E-state index in [1.165, 1.54) is 11.1 Å². The van der Waals surface area contributed by atoms with Gasteiger partial charge < -0.3 is 10.3 Å². The van der Waals surface area contributed by atoms with E-state index in [0.717, 1.165) is 16.8 Å². The Morgan fingerprint density at radius 2 is 1.93 bits per heavy atom. The number of aryl methyl sites for hydroxylation is 3. The summed E-state index contributed by atoms with van der Waals surface area (Å²) in [7, 11) is 0. The highest BCUT2D eigenvalue weighted by Crippen LogP contribution is 2.32. The number of rotatable bonds is 1. The fourth-order valence-electron chi connectivity index (χ4n) is 1.72. The van der Waals surface area contributed by atoms with E-state index >= 15 is 0 Å². The number of nitrogens with two attached hydrogens (primary N) is 1. The predicted octanol–water partition coefficient (Wildman–Crippen LogP) is 2.85. The van der Waals surface area contributed by atoms with Gasteiger partial charge in [0.25, 0.3) is 0 Å². The van der Waals surface area contributed by atoms with Crippen molar-refractivity contribution >= 4 is 5.88 Å². The quantitative estimate of drug-likeness (QED) is 0.773. The van der Waals surface area contributed by atoms with Crippen LogP contribution in [0.4, 0.5) is 5.88 Å².